The summed E-state index contributed by atoms with van der Waals surface area (Å²) in [7, 11) is 0. The molecule has 0 unspecified atom stereocenters. The molecule has 2 heterocycles. The van der Waals surface area contributed by atoms with Crippen molar-refractivity contribution in [3.8, 4) is 0 Å². The van der Waals surface area contributed by atoms with Crippen molar-refractivity contribution < 1.29 is 18.0 Å². The van der Waals surface area contributed by atoms with E-state index in [2.05, 4.69) is 20.4 Å². The standard InChI is InChI=1S/C16H12F3N5O/c17-16(18,19)12-4-2-1-3-11(12)10-24-14(5-6-22-24)23-15(25)13-9-20-7-8-21-13/h1-9H,10H2,(H,23,25). The Morgan fingerprint density at radius 1 is 1.12 bits per heavy atom. The van der Waals surface area contributed by atoms with Gasteiger partial charge < -0.3 is 5.32 Å². The van der Waals surface area contributed by atoms with E-state index in [-0.39, 0.29) is 23.6 Å². The molecule has 3 aromatic rings. The Kier molecular flexibility index (Phi) is 4.46. The van der Waals surface area contributed by atoms with E-state index < -0.39 is 17.6 Å². The maximum absolute atomic E-state index is 13.1. The molecule has 6 nitrogen and oxygen atoms in total. The lowest BCUT2D eigenvalue weighted by molar-refractivity contribution is -0.138. The molecule has 0 spiro atoms. The van der Waals surface area contributed by atoms with E-state index >= 15 is 0 Å². The number of anilines is 1. The van der Waals surface area contributed by atoms with Crippen LogP contribution in [0.5, 0.6) is 0 Å². The quantitative estimate of drug-likeness (QED) is 0.787. The highest BCUT2D eigenvalue weighted by Crippen LogP contribution is 2.32. The van der Waals surface area contributed by atoms with Crippen LogP contribution in [0.25, 0.3) is 0 Å². The number of rotatable bonds is 4. The Balaban J connectivity index is 1.83. The average Bonchev–Trinajstić information content (AvgIpc) is 3.02. The largest absolute Gasteiger partial charge is 0.416 e. The van der Waals surface area contributed by atoms with Gasteiger partial charge in [-0.2, -0.15) is 18.3 Å². The van der Waals surface area contributed by atoms with Crippen LogP contribution in [0.3, 0.4) is 0 Å². The second-order valence-electron chi connectivity index (χ2n) is 5.07. The van der Waals surface area contributed by atoms with Crippen molar-refractivity contribution in [3.63, 3.8) is 0 Å². The summed E-state index contributed by atoms with van der Waals surface area (Å²) < 4.78 is 40.6. The summed E-state index contributed by atoms with van der Waals surface area (Å²) in [6, 6.07) is 6.72. The van der Waals surface area contributed by atoms with Crippen LogP contribution in [0.4, 0.5) is 19.0 Å². The Hall–Kier alpha value is -3.23. The van der Waals surface area contributed by atoms with Crippen molar-refractivity contribution in [2.24, 2.45) is 0 Å². The monoisotopic (exact) mass is 347 g/mol. The first-order valence-corrected chi connectivity index (χ1v) is 7.19. The van der Waals surface area contributed by atoms with Gasteiger partial charge in [0, 0.05) is 18.5 Å². The summed E-state index contributed by atoms with van der Waals surface area (Å²) >= 11 is 0. The summed E-state index contributed by atoms with van der Waals surface area (Å²) in [5.74, 6) is -0.272. The fraction of sp³-hybridized carbons (Fsp3) is 0.125. The van der Waals surface area contributed by atoms with E-state index in [4.69, 9.17) is 0 Å². The molecule has 3 rings (SSSR count). The Morgan fingerprint density at radius 2 is 1.92 bits per heavy atom. The van der Waals surface area contributed by atoms with E-state index in [0.29, 0.717) is 0 Å². The summed E-state index contributed by atoms with van der Waals surface area (Å²) in [5.41, 5.74) is -0.601. The van der Waals surface area contributed by atoms with Crippen LogP contribution in [0.15, 0.2) is 55.1 Å². The topological polar surface area (TPSA) is 72.7 Å². The molecule has 0 bridgehead atoms. The van der Waals surface area contributed by atoms with Crippen LogP contribution in [0.1, 0.15) is 21.6 Å². The predicted molar refractivity (Wildman–Crippen MR) is 82.8 cm³/mol. The van der Waals surface area contributed by atoms with Crippen LogP contribution in [-0.2, 0) is 12.7 Å². The van der Waals surface area contributed by atoms with Gasteiger partial charge in [0.15, 0.2) is 0 Å². The Morgan fingerprint density at radius 3 is 2.64 bits per heavy atom. The minimum Gasteiger partial charge on any atom is -0.305 e. The molecule has 1 amide bonds. The molecular formula is C16H12F3N5O. The highest BCUT2D eigenvalue weighted by atomic mass is 19.4. The number of halogens is 3. The number of carbonyl (C=O) groups excluding carboxylic acids is 1. The third kappa shape index (κ3) is 3.82. The second kappa shape index (κ2) is 6.71. The van der Waals surface area contributed by atoms with E-state index in [9.17, 15) is 18.0 Å². The van der Waals surface area contributed by atoms with Crippen molar-refractivity contribution in [3.05, 3.63) is 71.9 Å². The molecule has 0 saturated carbocycles. The third-order valence-electron chi connectivity index (χ3n) is 3.40. The minimum absolute atomic E-state index is 0.0497. The van der Waals surface area contributed by atoms with Gasteiger partial charge in [-0.25, -0.2) is 9.67 Å². The van der Waals surface area contributed by atoms with E-state index in [1.54, 1.807) is 0 Å². The lowest BCUT2D eigenvalue weighted by Gasteiger charge is -2.14. The zero-order chi connectivity index (χ0) is 17.9. The van der Waals surface area contributed by atoms with Crippen molar-refractivity contribution in [1.29, 1.82) is 0 Å². The second-order valence-corrected chi connectivity index (χ2v) is 5.07. The van der Waals surface area contributed by atoms with Crippen LogP contribution in [0, 0.1) is 0 Å². The van der Waals surface area contributed by atoms with Crippen molar-refractivity contribution >= 4 is 11.7 Å². The van der Waals surface area contributed by atoms with E-state index in [1.807, 2.05) is 0 Å². The maximum Gasteiger partial charge on any atom is 0.416 e. The summed E-state index contributed by atoms with van der Waals surface area (Å²) in [6.07, 6.45) is 1.01. The van der Waals surface area contributed by atoms with Gasteiger partial charge in [-0.1, -0.05) is 18.2 Å². The summed E-state index contributed by atoms with van der Waals surface area (Å²) in [5, 5.41) is 6.54. The Bertz CT molecular complexity index is 877. The normalized spacial score (nSPS) is 11.3. The van der Waals surface area contributed by atoms with Crippen LogP contribution < -0.4 is 5.32 Å². The number of nitrogens with one attached hydrogen (secondary N) is 1. The van der Waals surface area contributed by atoms with Gasteiger partial charge >= 0.3 is 6.18 Å². The first kappa shape index (κ1) is 16.6. The maximum atomic E-state index is 13.1. The van der Waals surface area contributed by atoms with Gasteiger partial charge in [-0.05, 0) is 11.6 Å². The Labute approximate surface area is 140 Å². The third-order valence-corrected chi connectivity index (χ3v) is 3.40. The molecular weight excluding hydrogens is 335 g/mol. The molecule has 0 aliphatic heterocycles. The van der Waals surface area contributed by atoms with Crippen molar-refractivity contribution in [2.75, 3.05) is 5.32 Å². The van der Waals surface area contributed by atoms with Crippen LogP contribution in [0.2, 0.25) is 0 Å². The SMILES string of the molecule is O=C(Nc1ccnn1Cc1ccccc1C(F)(F)F)c1cnccn1. The molecule has 2 aromatic heterocycles. The number of aromatic nitrogens is 4. The smallest absolute Gasteiger partial charge is 0.305 e. The number of amides is 1. The first-order chi connectivity index (χ1) is 11.9. The number of hydrogen-bond donors (Lipinski definition) is 1. The zero-order valence-electron chi connectivity index (χ0n) is 12.7. The lowest BCUT2D eigenvalue weighted by atomic mass is 10.1. The van der Waals surface area contributed by atoms with Gasteiger partial charge in [-0.15, -0.1) is 0 Å². The number of hydrogen-bond acceptors (Lipinski definition) is 4. The first-order valence-electron chi connectivity index (χ1n) is 7.19. The molecule has 0 aliphatic carbocycles. The van der Waals surface area contributed by atoms with E-state index in [0.717, 1.165) is 6.07 Å². The molecule has 0 saturated heterocycles. The molecule has 128 valence electrons. The van der Waals surface area contributed by atoms with Crippen molar-refractivity contribution in [1.82, 2.24) is 19.7 Å². The average molecular weight is 347 g/mol. The van der Waals surface area contributed by atoms with Gasteiger partial charge in [0.1, 0.15) is 11.5 Å². The van der Waals surface area contributed by atoms with Crippen LogP contribution in [-0.4, -0.2) is 25.7 Å². The van der Waals surface area contributed by atoms with Crippen LogP contribution >= 0.6 is 0 Å². The highest BCUT2D eigenvalue weighted by molar-refractivity contribution is 6.02. The number of alkyl halides is 3. The van der Waals surface area contributed by atoms with Gasteiger partial charge in [0.2, 0.25) is 0 Å². The lowest BCUT2D eigenvalue weighted by Crippen LogP contribution is -2.18. The molecule has 0 aliphatic rings. The summed E-state index contributed by atoms with van der Waals surface area (Å²) in [6.45, 7) is -0.140. The minimum atomic E-state index is -4.47. The van der Waals surface area contributed by atoms with Gasteiger partial charge in [0.05, 0.1) is 24.5 Å². The van der Waals surface area contributed by atoms with E-state index in [1.165, 1.54) is 53.7 Å². The van der Waals surface area contributed by atoms with Gasteiger partial charge in [0.25, 0.3) is 5.91 Å². The number of carbonyl (C=O) groups is 1. The van der Waals surface area contributed by atoms with Crippen molar-refractivity contribution in [2.45, 2.75) is 12.7 Å². The molecule has 1 N–H and O–H groups in total. The summed E-state index contributed by atoms with van der Waals surface area (Å²) in [4.78, 5) is 19.8. The molecule has 0 radical (unpaired) electrons. The number of nitrogens with zero attached hydrogens (tertiary/aromatic N) is 4. The highest BCUT2D eigenvalue weighted by Gasteiger charge is 2.33. The zero-order valence-corrected chi connectivity index (χ0v) is 12.7. The molecule has 0 fully saturated rings. The fourth-order valence-corrected chi connectivity index (χ4v) is 2.26. The molecule has 9 heteroatoms. The fourth-order valence-electron chi connectivity index (χ4n) is 2.26. The van der Waals surface area contributed by atoms with Gasteiger partial charge in [-0.3, -0.25) is 9.78 Å². The molecule has 0 atom stereocenters. The molecule has 1 aromatic carbocycles. The molecule has 25 heavy (non-hydrogen) atoms. The number of benzene rings is 1. The predicted octanol–water partition coefficient (Wildman–Crippen LogP) is 2.99.